The number of hydrogen-bond donors (Lipinski definition) is 1. The molecule has 20 heavy (non-hydrogen) atoms. The van der Waals surface area contributed by atoms with Gasteiger partial charge in [-0.15, -0.1) is 0 Å². The quantitative estimate of drug-likeness (QED) is 0.854. The Morgan fingerprint density at radius 3 is 2.55 bits per heavy atom. The van der Waals surface area contributed by atoms with Crippen molar-refractivity contribution in [2.24, 2.45) is 0 Å². The number of nitrogen functional groups attached to an aromatic ring is 1. The molecule has 0 spiro atoms. The molecule has 5 nitrogen and oxygen atoms in total. The van der Waals surface area contributed by atoms with E-state index in [-0.39, 0.29) is 11.4 Å². The van der Waals surface area contributed by atoms with E-state index in [4.69, 9.17) is 10.5 Å². The van der Waals surface area contributed by atoms with Crippen molar-refractivity contribution < 1.29 is 9.53 Å². The van der Waals surface area contributed by atoms with Crippen molar-refractivity contribution >= 4 is 11.8 Å². The van der Waals surface area contributed by atoms with E-state index in [9.17, 15) is 4.79 Å². The molecule has 2 N–H and O–H groups in total. The fourth-order valence-corrected chi connectivity index (χ4v) is 1.85. The van der Waals surface area contributed by atoms with Crippen molar-refractivity contribution in [3.8, 4) is 5.69 Å². The van der Waals surface area contributed by atoms with Gasteiger partial charge in [-0.05, 0) is 18.2 Å². The average Bonchev–Trinajstić information content (AvgIpc) is 2.80. The molecule has 0 radical (unpaired) electrons. The lowest BCUT2D eigenvalue weighted by atomic mass is 9.92. The highest BCUT2D eigenvalue weighted by atomic mass is 16.5. The number of carbonyl (C=O) groups excluding carboxylic acids is 1. The van der Waals surface area contributed by atoms with E-state index in [2.05, 4.69) is 25.9 Å². The summed E-state index contributed by atoms with van der Waals surface area (Å²) in [5.41, 5.74) is 8.04. The highest BCUT2D eigenvalue weighted by Crippen LogP contribution is 2.25. The number of carbonyl (C=O) groups is 1. The molecule has 1 aromatic carbocycles. The molecule has 2 rings (SSSR count). The molecule has 1 heterocycles. The maximum Gasteiger partial charge on any atom is 0.337 e. The van der Waals surface area contributed by atoms with Gasteiger partial charge in [-0.2, -0.15) is 5.10 Å². The van der Waals surface area contributed by atoms with Crippen LogP contribution in [0.4, 0.5) is 5.82 Å². The van der Waals surface area contributed by atoms with Crippen LogP contribution < -0.4 is 5.73 Å². The number of methoxy groups -OCH3 is 1. The molecule has 2 aromatic rings. The molecule has 0 saturated heterocycles. The molecule has 0 aliphatic rings. The minimum Gasteiger partial charge on any atom is -0.465 e. The number of ether oxygens (including phenoxy) is 1. The van der Waals surface area contributed by atoms with E-state index in [1.54, 1.807) is 22.9 Å². The third-order valence-electron chi connectivity index (χ3n) is 3.02. The van der Waals surface area contributed by atoms with Crippen LogP contribution in [0.1, 0.15) is 36.8 Å². The van der Waals surface area contributed by atoms with Gasteiger partial charge in [-0.1, -0.05) is 26.8 Å². The maximum atomic E-state index is 11.6. The minimum atomic E-state index is -0.381. The Kier molecular flexibility index (Phi) is 3.53. The normalized spacial score (nSPS) is 11.4. The van der Waals surface area contributed by atoms with Crippen LogP contribution in [0.3, 0.4) is 0 Å². The average molecular weight is 273 g/mol. The monoisotopic (exact) mass is 273 g/mol. The van der Waals surface area contributed by atoms with Crippen molar-refractivity contribution in [2.75, 3.05) is 12.8 Å². The predicted octanol–water partition coefficient (Wildman–Crippen LogP) is 2.54. The molecule has 5 heteroatoms. The molecule has 0 atom stereocenters. The van der Waals surface area contributed by atoms with Gasteiger partial charge in [0.1, 0.15) is 5.82 Å². The molecule has 1 aromatic heterocycles. The highest BCUT2D eigenvalue weighted by molar-refractivity contribution is 5.89. The third kappa shape index (κ3) is 2.66. The van der Waals surface area contributed by atoms with Gasteiger partial charge >= 0.3 is 5.97 Å². The van der Waals surface area contributed by atoms with Gasteiger partial charge in [0.25, 0.3) is 0 Å². The van der Waals surface area contributed by atoms with Crippen LogP contribution in [-0.2, 0) is 10.2 Å². The first-order chi connectivity index (χ1) is 9.32. The smallest absolute Gasteiger partial charge is 0.337 e. The number of hydrogen-bond acceptors (Lipinski definition) is 4. The zero-order valence-electron chi connectivity index (χ0n) is 12.2. The van der Waals surface area contributed by atoms with Crippen LogP contribution in [0.2, 0.25) is 0 Å². The standard InChI is InChI=1S/C15H19N3O2/c1-15(2,3)12-9-13(16)18(17-12)11-7-5-6-10(8-11)14(19)20-4/h5-9H,16H2,1-4H3. The molecule has 0 bridgehead atoms. The summed E-state index contributed by atoms with van der Waals surface area (Å²) in [6.45, 7) is 6.22. The number of nitrogens with two attached hydrogens (primary N) is 1. The van der Waals surface area contributed by atoms with Crippen LogP contribution in [0, 0.1) is 0 Å². The lowest BCUT2D eigenvalue weighted by Gasteiger charge is -2.14. The van der Waals surface area contributed by atoms with Crippen LogP contribution >= 0.6 is 0 Å². The van der Waals surface area contributed by atoms with Crippen molar-refractivity contribution in [3.05, 3.63) is 41.6 Å². The SMILES string of the molecule is COC(=O)c1cccc(-n2nc(C(C)(C)C)cc2N)c1. The summed E-state index contributed by atoms with van der Waals surface area (Å²) >= 11 is 0. The van der Waals surface area contributed by atoms with E-state index < -0.39 is 0 Å². The van der Waals surface area contributed by atoms with Crippen LogP contribution in [0.25, 0.3) is 5.69 Å². The number of rotatable bonds is 2. The number of anilines is 1. The second-order valence-electron chi connectivity index (χ2n) is 5.66. The summed E-state index contributed by atoms with van der Waals surface area (Å²) in [6.07, 6.45) is 0. The molecular formula is C15H19N3O2. The third-order valence-corrected chi connectivity index (χ3v) is 3.02. The first-order valence-corrected chi connectivity index (χ1v) is 6.37. The van der Waals surface area contributed by atoms with Crippen LogP contribution in [0.15, 0.2) is 30.3 Å². The second kappa shape index (κ2) is 5.00. The first-order valence-electron chi connectivity index (χ1n) is 6.37. The van der Waals surface area contributed by atoms with Crippen LogP contribution in [0.5, 0.6) is 0 Å². The summed E-state index contributed by atoms with van der Waals surface area (Å²) in [6, 6.07) is 8.88. The summed E-state index contributed by atoms with van der Waals surface area (Å²) in [5, 5.41) is 4.52. The van der Waals surface area contributed by atoms with Crippen molar-refractivity contribution in [1.82, 2.24) is 9.78 Å². The minimum absolute atomic E-state index is 0.0840. The zero-order valence-corrected chi connectivity index (χ0v) is 12.2. The molecule has 106 valence electrons. The van der Waals surface area contributed by atoms with Crippen molar-refractivity contribution in [1.29, 1.82) is 0 Å². The second-order valence-corrected chi connectivity index (χ2v) is 5.66. The summed E-state index contributed by atoms with van der Waals surface area (Å²) in [5.74, 6) is 0.158. The van der Waals surface area contributed by atoms with Crippen molar-refractivity contribution in [2.45, 2.75) is 26.2 Å². The Morgan fingerprint density at radius 2 is 2.00 bits per heavy atom. The van der Waals surface area contributed by atoms with E-state index in [0.29, 0.717) is 11.4 Å². The topological polar surface area (TPSA) is 70.1 Å². The Bertz CT molecular complexity index is 639. The lowest BCUT2D eigenvalue weighted by molar-refractivity contribution is 0.0600. The fourth-order valence-electron chi connectivity index (χ4n) is 1.85. The zero-order chi connectivity index (χ0) is 14.9. The fraction of sp³-hybridized carbons (Fsp3) is 0.333. The van der Waals surface area contributed by atoms with Gasteiger partial charge < -0.3 is 10.5 Å². The number of aromatic nitrogens is 2. The predicted molar refractivity (Wildman–Crippen MR) is 78.0 cm³/mol. The first kappa shape index (κ1) is 14.1. The lowest BCUT2D eigenvalue weighted by Crippen LogP contribution is -2.12. The summed E-state index contributed by atoms with van der Waals surface area (Å²) in [7, 11) is 1.36. The van der Waals surface area contributed by atoms with E-state index in [1.807, 2.05) is 12.1 Å². The van der Waals surface area contributed by atoms with Gasteiger partial charge in [0.05, 0.1) is 24.1 Å². The van der Waals surface area contributed by atoms with E-state index in [0.717, 1.165) is 11.4 Å². The van der Waals surface area contributed by atoms with Crippen molar-refractivity contribution in [3.63, 3.8) is 0 Å². The Balaban J connectivity index is 2.47. The molecule has 0 fully saturated rings. The van der Waals surface area contributed by atoms with Crippen LogP contribution in [-0.4, -0.2) is 22.9 Å². The van der Waals surface area contributed by atoms with Gasteiger partial charge in [0.15, 0.2) is 0 Å². The Hall–Kier alpha value is -2.30. The molecule has 0 saturated carbocycles. The summed E-state index contributed by atoms with van der Waals surface area (Å²) in [4.78, 5) is 11.6. The van der Waals surface area contributed by atoms with E-state index in [1.165, 1.54) is 7.11 Å². The number of nitrogens with zero attached hydrogens (tertiary/aromatic N) is 2. The molecule has 0 unspecified atom stereocenters. The Morgan fingerprint density at radius 1 is 1.30 bits per heavy atom. The van der Waals surface area contributed by atoms with Gasteiger partial charge in [-0.25, -0.2) is 9.48 Å². The highest BCUT2D eigenvalue weighted by Gasteiger charge is 2.19. The van der Waals surface area contributed by atoms with Gasteiger partial charge in [0, 0.05) is 11.5 Å². The largest absolute Gasteiger partial charge is 0.465 e. The number of benzene rings is 1. The van der Waals surface area contributed by atoms with E-state index >= 15 is 0 Å². The summed E-state index contributed by atoms with van der Waals surface area (Å²) < 4.78 is 6.35. The molecule has 0 amide bonds. The molecule has 0 aliphatic carbocycles. The molecular weight excluding hydrogens is 254 g/mol. The Labute approximate surface area is 118 Å². The number of esters is 1. The van der Waals surface area contributed by atoms with Gasteiger partial charge in [-0.3, -0.25) is 0 Å². The maximum absolute atomic E-state index is 11.6. The molecule has 0 aliphatic heterocycles. The van der Waals surface area contributed by atoms with Gasteiger partial charge in [0.2, 0.25) is 0 Å².